The lowest BCUT2D eigenvalue weighted by Crippen LogP contribution is -2.17. The lowest BCUT2D eigenvalue weighted by Gasteiger charge is -2.25. The van der Waals surface area contributed by atoms with Gasteiger partial charge in [-0.25, -0.2) is 0 Å². The van der Waals surface area contributed by atoms with Gasteiger partial charge in [-0.2, -0.15) is 5.10 Å². The van der Waals surface area contributed by atoms with Crippen molar-refractivity contribution in [3.8, 4) is 11.5 Å². The van der Waals surface area contributed by atoms with Crippen LogP contribution in [0, 0.1) is 0 Å². The number of halogens is 1. The Hall–Kier alpha value is -1.88. The zero-order valence-electron chi connectivity index (χ0n) is 12.8. The van der Waals surface area contributed by atoms with Crippen molar-refractivity contribution in [2.24, 2.45) is 0 Å². The number of hydrogen-bond donors (Lipinski definition) is 1. The monoisotopic (exact) mass is 321 g/mol. The minimum absolute atomic E-state index is 0.559. The van der Waals surface area contributed by atoms with Gasteiger partial charge < -0.3 is 14.8 Å². The van der Waals surface area contributed by atoms with Gasteiger partial charge in [-0.15, -0.1) is 0 Å². The van der Waals surface area contributed by atoms with Gasteiger partial charge in [-0.3, -0.25) is 4.68 Å². The normalized spacial score (nSPS) is 14.5. The van der Waals surface area contributed by atoms with Crippen LogP contribution < -0.4 is 14.8 Å². The van der Waals surface area contributed by atoms with Gasteiger partial charge in [0.05, 0.1) is 25.3 Å². The molecule has 2 aromatic rings. The van der Waals surface area contributed by atoms with Crippen LogP contribution in [0.5, 0.6) is 11.5 Å². The SMILES string of the molecule is COc1ccc(CNc2ccn(C3CCC3)n2)c(Cl)c1OC. The van der Waals surface area contributed by atoms with Crippen LogP contribution in [0.4, 0.5) is 5.82 Å². The van der Waals surface area contributed by atoms with E-state index in [-0.39, 0.29) is 0 Å². The molecular formula is C16H20ClN3O2. The quantitative estimate of drug-likeness (QED) is 0.877. The lowest BCUT2D eigenvalue weighted by molar-refractivity contribution is 0.290. The van der Waals surface area contributed by atoms with Crippen molar-refractivity contribution >= 4 is 17.4 Å². The van der Waals surface area contributed by atoms with Crippen molar-refractivity contribution in [2.45, 2.75) is 31.8 Å². The van der Waals surface area contributed by atoms with E-state index in [9.17, 15) is 0 Å². The molecule has 0 amide bonds. The molecule has 22 heavy (non-hydrogen) atoms. The first-order valence-corrected chi connectivity index (χ1v) is 7.79. The second-order valence-corrected chi connectivity index (χ2v) is 5.77. The highest BCUT2D eigenvalue weighted by molar-refractivity contribution is 6.33. The van der Waals surface area contributed by atoms with E-state index >= 15 is 0 Å². The molecule has 0 bridgehead atoms. The van der Waals surface area contributed by atoms with Crippen LogP contribution >= 0.6 is 11.6 Å². The van der Waals surface area contributed by atoms with Gasteiger partial charge in [0.2, 0.25) is 0 Å². The summed E-state index contributed by atoms with van der Waals surface area (Å²) in [5.74, 6) is 2.05. The van der Waals surface area contributed by atoms with Crippen molar-refractivity contribution in [1.29, 1.82) is 0 Å². The number of rotatable bonds is 6. The number of anilines is 1. The fraction of sp³-hybridized carbons (Fsp3) is 0.438. The highest BCUT2D eigenvalue weighted by atomic mass is 35.5. The zero-order valence-corrected chi connectivity index (χ0v) is 13.6. The average molecular weight is 322 g/mol. The van der Waals surface area contributed by atoms with Crippen molar-refractivity contribution in [3.05, 3.63) is 35.0 Å². The summed E-state index contributed by atoms with van der Waals surface area (Å²) >= 11 is 6.38. The molecule has 1 aromatic carbocycles. The summed E-state index contributed by atoms with van der Waals surface area (Å²) in [6, 6.07) is 6.35. The van der Waals surface area contributed by atoms with Crippen LogP contribution in [0.1, 0.15) is 30.9 Å². The molecule has 0 spiro atoms. The first-order chi connectivity index (χ1) is 10.7. The third-order valence-electron chi connectivity index (χ3n) is 4.08. The maximum Gasteiger partial charge on any atom is 0.179 e. The number of nitrogens with one attached hydrogen (secondary N) is 1. The molecule has 5 nitrogen and oxygen atoms in total. The maximum atomic E-state index is 6.38. The molecule has 1 aromatic heterocycles. The largest absolute Gasteiger partial charge is 0.493 e. The van der Waals surface area contributed by atoms with Gasteiger partial charge in [0.15, 0.2) is 11.5 Å². The number of ether oxygens (including phenoxy) is 2. The minimum Gasteiger partial charge on any atom is -0.493 e. The minimum atomic E-state index is 0.559. The Kier molecular flexibility index (Phi) is 4.43. The molecule has 0 unspecified atom stereocenters. The highest BCUT2D eigenvalue weighted by Crippen LogP contribution is 2.37. The van der Waals surface area contributed by atoms with Gasteiger partial charge in [-0.05, 0) is 30.9 Å². The van der Waals surface area contributed by atoms with Crippen molar-refractivity contribution in [2.75, 3.05) is 19.5 Å². The molecule has 1 fully saturated rings. The van der Waals surface area contributed by atoms with E-state index in [1.807, 2.05) is 29.1 Å². The number of nitrogens with zero attached hydrogens (tertiary/aromatic N) is 2. The van der Waals surface area contributed by atoms with E-state index in [1.54, 1.807) is 14.2 Å². The molecular weight excluding hydrogens is 302 g/mol. The molecule has 0 radical (unpaired) electrons. The first-order valence-electron chi connectivity index (χ1n) is 7.41. The average Bonchev–Trinajstić information content (AvgIpc) is 2.92. The molecule has 118 valence electrons. The van der Waals surface area contributed by atoms with E-state index in [1.165, 1.54) is 19.3 Å². The first kappa shape index (κ1) is 15.0. The zero-order chi connectivity index (χ0) is 15.5. The summed E-state index contributed by atoms with van der Waals surface area (Å²) in [6.07, 6.45) is 5.78. The third kappa shape index (κ3) is 2.86. The fourth-order valence-corrected chi connectivity index (χ4v) is 2.84. The van der Waals surface area contributed by atoms with Gasteiger partial charge in [-0.1, -0.05) is 17.7 Å². The van der Waals surface area contributed by atoms with E-state index in [4.69, 9.17) is 21.1 Å². The number of hydrogen-bond acceptors (Lipinski definition) is 4. The lowest BCUT2D eigenvalue weighted by atomic mass is 9.93. The van der Waals surface area contributed by atoms with E-state index in [0.717, 1.165) is 11.4 Å². The summed E-state index contributed by atoms with van der Waals surface area (Å²) in [6.45, 7) is 0.584. The van der Waals surface area contributed by atoms with Gasteiger partial charge in [0.1, 0.15) is 5.82 Å². The molecule has 1 saturated carbocycles. The van der Waals surface area contributed by atoms with Gasteiger partial charge >= 0.3 is 0 Å². The predicted octanol–water partition coefficient (Wildman–Crippen LogP) is 3.89. The van der Waals surface area contributed by atoms with Crippen LogP contribution in [0.3, 0.4) is 0 Å². The van der Waals surface area contributed by atoms with Crippen molar-refractivity contribution in [3.63, 3.8) is 0 Å². The summed E-state index contributed by atoms with van der Waals surface area (Å²) in [5.41, 5.74) is 0.942. The third-order valence-corrected chi connectivity index (χ3v) is 4.50. The summed E-state index contributed by atoms with van der Waals surface area (Å²) in [4.78, 5) is 0. The van der Waals surface area contributed by atoms with E-state index in [0.29, 0.717) is 29.1 Å². The Bertz CT molecular complexity index is 653. The Labute approximate surface area is 135 Å². The maximum absolute atomic E-state index is 6.38. The molecule has 1 aliphatic rings. The Balaban J connectivity index is 1.69. The molecule has 6 heteroatoms. The summed E-state index contributed by atoms with van der Waals surface area (Å²) in [7, 11) is 3.18. The van der Waals surface area contributed by atoms with Crippen LogP contribution in [0.25, 0.3) is 0 Å². The van der Waals surface area contributed by atoms with Crippen LogP contribution in [-0.2, 0) is 6.54 Å². The van der Waals surface area contributed by atoms with E-state index < -0.39 is 0 Å². The highest BCUT2D eigenvalue weighted by Gasteiger charge is 2.20. The number of benzene rings is 1. The Morgan fingerprint density at radius 3 is 2.73 bits per heavy atom. The summed E-state index contributed by atoms with van der Waals surface area (Å²) in [5, 5.41) is 8.42. The Morgan fingerprint density at radius 1 is 1.27 bits per heavy atom. The van der Waals surface area contributed by atoms with Crippen molar-refractivity contribution in [1.82, 2.24) is 9.78 Å². The molecule has 1 aliphatic carbocycles. The molecule has 0 aliphatic heterocycles. The second kappa shape index (κ2) is 6.48. The molecule has 0 atom stereocenters. The fourth-order valence-electron chi connectivity index (χ4n) is 2.54. The van der Waals surface area contributed by atoms with E-state index in [2.05, 4.69) is 10.4 Å². The number of aromatic nitrogens is 2. The molecule has 1 heterocycles. The number of methoxy groups -OCH3 is 2. The summed E-state index contributed by atoms with van der Waals surface area (Å²) < 4.78 is 12.6. The topological polar surface area (TPSA) is 48.3 Å². The molecule has 1 N–H and O–H groups in total. The molecule has 0 saturated heterocycles. The van der Waals surface area contributed by atoms with Gasteiger partial charge in [0, 0.05) is 18.8 Å². The van der Waals surface area contributed by atoms with Crippen molar-refractivity contribution < 1.29 is 9.47 Å². The predicted molar refractivity (Wildman–Crippen MR) is 87.0 cm³/mol. The molecule has 3 rings (SSSR count). The van der Waals surface area contributed by atoms with Gasteiger partial charge in [0.25, 0.3) is 0 Å². The second-order valence-electron chi connectivity index (χ2n) is 5.39. The van der Waals surface area contributed by atoms with Crippen LogP contribution in [0.2, 0.25) is 5.02 Å². The standard InChI is InChI=1S/C16H20ClN3O2/c1-21-13-7-6-11(15(17)16(13)22-2)10-18-14-8-9-20(19-14)12-4-3-5-12/h6-9,12H,3-5,10H2,1-2H3,(H,18,19). The van der Waals surface area contributed by atoms with Crippen LogP contribution in [-0.4, -0.2) is 24.0 Å². The smallest absolute Gasteiger partial charge is 0.179 e. The Morgan fingerprint density at radius 2 is 2.09 bits per heavy atom. The van der Waals surface area contributed by atoms with Crippen LogP contribution in [0.15, 0.2) is 24.4 Å².